The van der Waals surface area contributed by atoms with Gasteiger partial charge in [0, 0.05) is 26.2 Å². The fourth-order valence-electron chi connectivity index (χ4n) is 2.38. The average Bonchev–Trinajstić information content (AvgIpc) is 2.84. The molecule has 0 aliphatic carbocycles. The number of hydrogen-bond donors (Lipinski definition) is 1. The van der Waals surface area contributed by atoms with Gasteiger partial charge in [-0.15, -0.1) is 11.3 Å². The van der Waals surface area contributed by atoms with Gasteiger partial charge in [-0.2, -0.15) is 5.26 Å². The van der Waals surface area contributed by atoms with E-state index in [9.17, 15) is 10.1 Å². The van der Waals surface area contributed by atoms with Crippen molar-refractivity contribution in [3.63, 3.8) is 0 Å². The minimum absolute atomic E-state index is 0.244. The van der Waals surface area contributed by atoms with Crippen molar-refractivity contribution in [2.75, 3.05) is 50.0 Å². The summed E-state index contributed by atoms with van der Waals surface area (Å²) in [5, 5.41) is 10.1. The monoisotopic (exact) mass is 308 g/mol. The molecule has 2 N–H and O–H groups in total. The second kappa shape index (κ2) is 6.78. The van der Waals surface area contributed by atoms with Gasteiger partial charge in [0.2, 0.25) is 0 Å². The largest absolute Gasteiger partial charge is 0.462 e. The van der Waals surface area contributed by atoms with E-state index < -0.39 is 5.97 Å². The number of nitrogen functional groups attached to an aromatic ring is 1. The standard InChI is InChI=1S/C14H20N4O2S/c1-3-17-5-7-18(8-6-17)13-10(9-15)11(16)12(21-13)14(19)20-4-2/h3-8,16H2,1-2H3. The summed E-state index contributed by atoms with van der Waals surface area (Å²) in [7, 11) is 0. The maximum absolute atomic E-state index is 11.9. The Balaban J connectivity index is 2.26. The van der Waals surface area contributed by atoms with Crippen LogP contribution in [0.15, 0.2) is 0 Å². The molecule has 0 spiro atoms. The van der Waals surface area contributed by atoms with Gasteiger partial charge in [-0.1, -0.05) is 6.92 Å². The van der Waals surface area contributed by atoms with Crippen molar-refractivity contribution in [1.82, 2.24) is 4.90 Å². The predicted molar refractivity (Wildman–Crippen MR) is 83.7 cm³/mol. The van der Waals surface area contributed by atoms with Crippen LogP contribution in [0.3, 0.4) is 0 Å². The van der Waals surface area contributed by atoms with E-state index in [1.54, 1.807) is 6.92 Å². The van der Waals surface area contributed by atoms with Crippen molar-refractivity contribution in [3.8, 4) is 6.07 Å². The van der Waals surface area contributed by atoms with Gasteiger partial charge < -0.3 is 20.3 Å². The maximum Gasteiger partial charge on any atom is 0.350 e. The lowest BCUT2D eigenvalue weighted by Gasteiger charge is -2.34. The molecule has 7 heteroatoms. The van der Waals surface area contributed by atoms with Crippen LogP contribution in [0.4, 0.5) is 10.7 Å². The van der Waals surface area contributed by atoms with E-state index in [1.165, 1.54) is 11.3 Å². The molecular weight excluding hydrogens is 288 g/mol. The minimum Gasteiger partial charge on any atom is -0.462 e. The molecule has 21 heavy (non-hydrogen) atoms. The Kier molecular flexibility index (Phi) is 5.04. The molecule has 0 radical (unpaired) electrons. The SMILES string of the molecule is CCOC(=O)c1sc(N2CCN(CC)CC2)c(C#N)c1N. The summed E-state index contributed by atoms with van der Waals surface area (Å²) in [6, 6.07) is 2.13. The van der Waals surface area contributed by atoms with Gasteiger partial charge in [-0.05, 0) is 13.5 Å². The predicted octanol–water partition coefficient (Wildman–Crippen LogP) is 1.52. The third kappa shape index (κ3) is 3.12. The molecule has 2 rings (SSSR count). The molecule has 0 saturated carbocycles. The zero-order chi connectivity index (χ0) is 15.4. The van der Waals surface area contributed by atoms with Crippen molar-refractivity contribution < 1.29 is 9.53 Å². The number of nitriles is 1. The average molecular weight is 308 g/mol. The molecule has 0 atom stereocenters. The van der Waals surface area contributed by atoms with E-state index in [-0.39, 0.29) is 5.69 Å². The van der Waals surface area contributed by atoms with Crippen molar-refractivity contribution in [3.05, 3.63) is 10.4 Å². The van der Waals surface area contributed by atoms with E-state index in [0.717, 1.165) is 37.7 Å². The number of ether oxygens (including phenoxy) is 1. The number of carbonyl (C=O) groups excluding carboxylic acids is 1. The summed E-state index contributed by atoms with van der Waals surface area (Å²) in [4.78, 5) is 16.7. The van der Waals surface area contributed by atoms with Crippen molar-refractivity contribution >= 4 is 28.0 Å². The summed E-state index contributed by atoms with van der Waals surface area (Å²) in [5.41, 5.74) is 6.60. The zero-order valence-corrected chi connectivity index (χ0v) is 13.2. The number of anilines is 2. The molecule has 114 valence electrons. The molecule has 0 amide bonds. The summed E-state index contributed by atoms with van der Waals surface area (Å²) < 4.78 is 5.00. The normalized spacial score (nSPS) is 15.8. The molecule has 1 fully saturated rings. The smallest absolute Gasteiger partial charge is 0.350 e. The highest BCUT2D eigenvalue weighted by molar-refractivity contribution is 7.18. The second-order valence-electron chi connectivity index (χ2n) is 4.78. The molecule has 1 saturated heterocycles. The molecule has 0 aromatic carbocycles. The van der Waals surface area contributed by atoms with Crippen LogP contribution in [0.5, 0.6) is 0 Å². The Morgan fingerprint density at radius 3 is 2.57 bits per heavy atom. The third-order valence-corrected chi connectivity index (χ3v) is 4.85. The number of piperazine rings is 1. The lowest BCUT2D eigenvalue weighted by molar-refractivity contribution is 0.0533. The highest BCUT2D eigenvalue weighted by Crippen LogP contribution is 2.38. The number of rotatable bonds is 4. The van der Waals surface area contributed by atoms with Crippen molar-refractivity contribution in [2.24, 2.45) is 0 Å². The van der Waals surface area contributed by atoms with Crippen LogP contribution < -0.4 is 10.6 Å². The number of thiophene rings is 1. The topological polar surface area (TPSA) is 82.6 Å². The number of carbonyl (C=O) groups is 1. The van der Waals surface area contributed by atoms with Crippen LogP contribution >= 0.6 is 11.3 Å². The molecule has 1 aromatic rings. The number of nitrogens with zero attached hydrogens (tertiary/aromatic N) is 3. The Bertz CT molecular complexity index is 556. The Morgan fingerprint density at radius 2 is 2.05 bits per heavy atom. The number of esters is 1. The summed E-state index contributed by atoms with van der Waals surface area (Å²) in [5.74, 6) is -0.449. The van der Waals surface area contributed by atoms with Gasteiger partial charge in [0.1, 0.15) is 21.5 Å². The Morgan fingerprint density at radius 1 is 1.38 bits per heavy atom. The zero-order valence-electron chi connectivity index (χ0n) is 12.4. The molecule has 1 aliphatic heterocycles. The number of likely N-dealkylation sites (N-methyl/N-ethyl adjacent to an activating group) is 1. The number of hydrogen-bond acceptors (Lipinski definition) is 7. The van der Waals surface area contributed by atoms with Gasteiger partial charge in [0.05, 0.1) is 12.3 Å². The van der Waals surface area contributed by atoms with Gasteiger partial charge in [0.25, 0.3) is 0 Å². The van der Waals surface area contributed by atoms with Crippen LogP contribution in [0.25, 0.3) is 0 Å². The first-order valence-corrected chi connectivity index (χ1v) is 7.90. The van der Waals surface area contributed by atoms with E-state index in [4.69, 9.17) is 10.5 Å². The van der Waals surface area contributed by atoms with Gasteiger partial charge in [-0.25, -0.2) is 4.79 Å². The van der Waals surface area contributed by atoms with Crippen molar-refractivity contribution in [2.45, 2.75) is 13.8 Å². The highest BCUT2D eigenvalue weighted by Gasteiger charge is 2.27. The van der Waals surface area contributed by atoms with Crippen LogP contribution in [0.2, 0.25) is 0 Å². The fourth-order valence-corrected chi connectivity index (χ4v) is 3.49. The first-order valence-electron chi connectivity index (χ1n) is 7.09. The maximum atomic E-state index is 11.9. The van der Waals surface area contributed by atoms with Gasteiger partial charge in [-0.3, -0.25) is 0 Å². The van der Waals surface area contributed by atoms with Crippen LogP contribution in [0.1, 0.15) is 29.1 Å². The Labute approximate surface area is 128 Å². The first-order chi connectivity index (χ1) is 10.1. The summed E-state index contributed by atoms with van der Waals surface area (Å²) in [6.45, 7) is 8.79. The summed E-state index contributed by atoms with van der Waals surface area (Å²) >= 11 is 1.26. The van der Waals surface area contributed by atoms with Crippen LogP contribution in [-0.4, -0.2) is 50.2 Å². The highest BCUT2D eigenvalue weighted by atomic mass is 32.1. The summed E-state index contributed by atoms with van der Waals surface area (Å²) in [6.07, 6.45) is 0. The molecule has 1 aromatic heterocycles. The van der Waals surface area contributed by atoms with E-state index in [1.807, 2.05) is 0 Å². The lowest BCUT2D eigenvalue weighted by atomic mass is 10.2. The van der Waals surface area contributed by atoms with E-state index in [0.29, 0.717) is 17.0 Å². The molecule has 0 bridgehead atoms. The molecule has 6 nitrogen and oxygen atoms in total. The van der Waals surface area contributed by atoms with Crippen LogP contribution in [-0.2, 0) is 4.74 Å². The van der Waals surface area contributed by atoms with Crippen molar-refractivity contribution in [1.29, 1.82) is 5.26 Å². The molecule has 1 aliphatic rings. The fraction of sp³-hybridized carbons (Fsp3) is 0.571. The number of nitrogens with two attached hydrogens (primary N) is 1. The van der Waals surface area contributed by atoms with Gasteiger partial charge in [0.15, 0.2) is 0 Å². The first kappa shape index (κ1) is 15.6. The molecule has 0 unspecified atom stereocenters. The molecule has 2 heterocycles. The second-order valence-corrected chi connectivity index (χ2v) is 5.78. The third-order valence-electron chi connectivity index (χ3n) is 3.61. The Hall–Kier alpha value is -1.78. The quantitative estimate of drug-likeness (QED) is 0.849. The lowest BCUT2D eigenvalue weighted by Crippen LogP contribution is -2.46. The van der Waals surface area contributed by atoms with E-state index in [2.05, 4.69) is 22.8 Å². The van der Waals surface area contributed by atoms with Gasteiger partial charge >= 0.3 is 5.97 Å². The van der Waals surface area contributed by atoms with E-state index >= 15 is 0 Å². The molecular formula is C14H20N4O2S. The van der Waals surface area contributed by atoms with Crippen LogP contribution in [0, 0.1) is 11.3 Å². The minimum atomic E-state index is -0.449.